The van der Waals surface area contributed by atoms with E-state index < -0.39 is 5.56 Å². The van der Waals surface area contributed by atoms with Crippen LogP contribution in [0.4, 0.5) is 0 Å². The maximum atomic E-state index is 12.8. The third-order valence-corrected chi connectivity index (χ3v) is 4.80. The molecule has 0 aliphatic heterocycles. The number of benzene rings is 2. The lowest BCUT2D eigenvalue weighted by atomic mass is 10.1. The average Bonchev–Trinajstić information content (AvgIpc) is 3.14. The number of carbonyl (C=O) groups excluding carboxylic acids is 1. The van der Waals surface area contributed by atoms with E-state index in [1.54, 1.807) is 4.68 Å². The van der Waals surface area contributed by atoms with Crippen LogP contribution in [-0.2, 0) is 17.9 Å². The Labute approximate surface area is 173 Å². The van der Waals surface area contributed by atoms with E-state index in [0.29, 0.717) is 12.2 Å². The normalized spacial score (nSPS) is 11.0. The highest BCUT2D eigenvalue weighted by Gasteiger charge is 2.15. The lowest BCUT2D eigenvalue weighted by Gasteiger charge is -2.08. The van der Waals surface area contributed by atoms with Crippen molar-refractivity contribution in [2.24, 2.45) is 0 Å². The van der Waals surface area contributed by atoms with Crippen molar-refractivity contribution in [3.63, 3.8) is 0 Å². The van der Waals surface area contributed by atoms with Gasteiger partial charge in [0.05, 0.1) is 5.69 Å². The van der Waals surface area contributed by atoms with E-state index in [0.717, 1.165) is 27.9 Å². The molecule has 30 heavy (non-hydrogen) atoms. The average molecular weight is 402 g/mol. The first-order valence-electron chi connectivity index (χ1n) is 9.62. The summed E-state index contributed by atoms with van der Waals surface area (Å²) in [7, 11) is 0. The van der Waals surface area contributed by atoms with Crippen LogP contribution in [-0.4, -0.2) is 30.5 Å². The zero-order valence-electron chi connectivity index (χ0n) is 17.1. The second kappa shape index (κ2) is 7.90. The Kier molecular flexibility index (Phi) is 5.14. The summed E-state index contributed by atoms with van der Waals surface area (Å²) in [6.45, 7) is 6.25. The van der Waals surface area contributed by atoms with Crippen molar-refractivity contribution in [1.29, 1.82) is 0 Å². The van der Waals surface area contributed by atoms with Crippen LogP contribution in [0.15, 0.2) is 53.6 Å². The van der Waals surface area contributed by atoms with Crippen molar-refractivity contribution in [3.8, 4) is 5.69 Å². The smallest absolute Gasteiger partial charge is 0.284 e. The van der Waals surface area contributed by atoms with Crippen molar-refractivity contribution in [2.45, 2.75) is 33.9 Å². The van der Waals surface area contributed by atoms with Gasteiger partial charge in [0.15, 0.2) is 11.2 Å². The molecule has 8 heteroatoms. The van der Waals surface area contributed by atoms with Gasteiger partial charge in [0.1, 0.15) is 12.9 Å². The van der Waals surface area contributed by atoms with Crippen LogP contribution in [0, 0.1) is 20.8 Å². The number of aryl methyl sites for hydroxylation is 3. The molecule has 152 valence electrons. The molecule has 0 aliphatic carbocycles. The van der Waals surface area contributed by atoms with E-state index in [1.165, 1.54) is 10.9 Å². The van der Waals surface area contributed by atoms with Crippen molar-refractivity contribution in [1.82, 2.24) is 29.9 Å². The minimum Gasteiger partial charge on any atom is -0.350 e. The lowest BCUT2D eigenvalue weighted by molar-refractivity contribution is -0.121. The number of nitrogens with one attached hydrogen (secondary N) is 1. The molecule has 0 aliphatic rings. The van der Waals surface area contributed by atoms with Crippen LogP contribution >= 0.6 is 0 Å². The molecule has 0 spiro atoms. The van der Waals surface area contributed by atoms with Gasteiger partial charge in [-0.05, 0) is 49.6 Å². The maximum absolute atomic E-state index is 12.8. The minimum atomic E-state index is -0.402. The van der Waals surface area contributed by atoms with Crippen molar-refractivity contribution in [3.05, 3.63) is 81.4 Å². The van der Waals surface area contributed by atoms with Gasteiger partial charge in [-0.2, -0.15) is 4.68 Å². The molecule has 2 aromatic heterocycles. The highest BCUT2D eigenvalue weighted by atomic mass is 16.2. The molecule has 2 heterocycles. The van der Waals surface area contributed by atoms with Gasteiger partial charge in [-0.15, -0.1) is 5.10 Å². The number of amides is 1. The Bertz CT molecular complexity index is 1270. The molecule has 0 saturated heterocycles. The van der Waals surface area contributed by atoms with E-state index in [-0.39, 0.29) is 18.0 Å². The van der Waals surface area contributed by atoms with E-state index in [1.807, 2.05) is 57.2 Å². The van der Waals surface area contributed by atoms with Crippen molar-refractivity contribution in [2.75, 3.05) is 0 Å². The second-order valence-electron chi connectivity index (χ2n) is 7.46. The largest absolute Gasteiger partial charge is 0.350 e. The number of carbonyl (C=O) groups is 1. The molecule has 4 aromatic rings. The van der Waals surface area contributed by atoms with Crippen LogP contribution in [0.3, 0.4) is 0 Å². The standard InChI is InChI=1S/C22H22N6O2/c1-14-4-6-17(7-5-14)11-23-19(29)12-27-13-24-21-20(22(27)30)25-26-28(21)18-9-15(2)8-16(3)10-18/h4-10,13H,11-12H2,1-3H3,(H,23,29). The summed E-state index contributed by atoms with van der Waals surface area (Å²) < 4.78 is 2.78. The molecular formula is C22H22N6O2. The maximum Gasteiger partial charge on any atom is 0.284 e. The molecule has 0 saturated carbocycles. The highest BCUT2D eigenvalue weighted by Crippen LogP contribution is 2.15. The summed E-state index contributed by atoms with van der Waals surface area (Å²) in [6.07, 6.45) is 1.36. The number of hydrogen-bond acceptors (Lipinski definition) is 5. The monoisotopic (exact) mass is 402 g/mol. The molecule has 0 radical (unpaired) electrons. The van der Waals surface area contributed by atoms with Gasteiger partial charge in [-0.3, -0.25) is 14.2 Å². The van der Waals surface area contributed by atoms with Gasteiger partial charge in [-0.25, -0.2) is 4.98 Å². The number of nitrogens with zero attached hydrogens (tertiary/aromatic N) is 5. The Morgan fingerprint density at radius 1 is 1.00 bits per heavy atom. The molecular weight excluding hydrogens is 380 g/mol. The third-order valence-electron chi connectivity index (χ3n) is 4.80. The predicted molar refractivity (Wildman–Crippen MR) is 113 cm³/mol. The highest BCUT2D eigenvalue weighted by molar-refractivity contribution is 5.76. The van der Waals surface area contributed by atoms with E-state index in [4.69, 9.17) is 0 Å². The summed E-state index contributed by atoms with van der Waals surface area (Å²) in [5.41, 5.74) is 5.18. The van der Waals surface area contributed by atoms with Gasteiger partial charge >= 0.3 is 0 Å². The first-order chi connectivity index (χ1) is 14.4. The molecule has 2 aromatic carbocycles. The first kappa shape index (κ1) is 19.5. The second-order valence-corrected chi connectivity index (χ2v) is 7.46. The van der Waals surface area contributed by atoms with Crippen LogP contribution in [0.1, 0.15) is 22.3 Å². The number of fused-ring (bicyclic) bond motifs is 1. The quantitative estimate of drug-likeness (QED) is 0.552. The Morgan fingerprint density at radius 3 is 2.40 bits per heavy atom. The fourth-order valence-corrected chi connectivity index (χ4v) is 3.32. The van der Waals surface area contributed by atoms with Crippen LogP contribution in [0.2, 0.25) is 0 Å². The van der Waals surface area contributed by atoms with Crippen molar-refractivity contribution >= 4 is 17.1 Å². The molecule has 1 N–H and O–H groups in total. The molecule has 0 unspecified atom stereocenters. The molecule has 0 fully saturated rings. The molecule has 1 amide bonds. The first-order valence-corrected chi connectivity index (χ1v) is 9.62. The molecule has 0 bridgehead atoms. The van der Waals surface area contributed by atoms with Gasteiger partial charge < -0.3 is 5.32 Å². The topological polar surface area (TPSA) is 94.7 Å². The third kappa shape index (κ3) is 3.98. The van der Waals surface area contributed by atoms with Crippen LogP contribution in [0.25, 0.3) is 16.9 Å². The van der Waals surface area contributed by atoms with Gasteiger partial charge in [-0.1, -0.05) is 41.1 Å². The number of hydrogen-bond donors (Lipinski definition) is 1. The van der Waals surface area contributed by atoms with Gasteiger partial charge in [0.25, 0.3) is 5.56 Å². The fraction of sp³-hybridized carbons (Fsp3) is 0.227. The van der Waals surface area contributed by atoms with E-state index >= 15 is 0 Å². The van der Waals surface area contributed by atoms with Gasteiger partial charge in [0, 0.05) is 6.54 Å². The summed E-state index contributed by atoms with van der Waals surface area (Å²) in [5.74, 6) is -0.277. The number of rotatable bonds is 5. The SMILES string of the molecule is Cc1ccc(CNC(=O)Cn2cnc3c(nnn3-c3cc(C)cc(C)c3)c2=O)cc1. The minimum absolute atomic E-state index is 0.128. The van der Waals surface area contributed by atoms with E-state index in [9.17, 15) is 9.59 Å². The summed E-state index contributed by atoms with van der Waals surface area (Å²) in [6, 6.07) is 13.9. The fourth-order valence-electron chi connectivity index (χ4n) is 3.32. The van der Waals surface area contributed by atoms with Crippen LogP contribution in [0.5, 0.6) is 0 Å². The number of aromatic nitrogens is 5. The summed E-state index contributed by atoms with van der Waals surface area (Å²) in [5, 5.41) is 10.9. The Morgan fingerprint density at radius 2 is 1.70 bits per heavy atom. The lowest BCUT2D eigenvalue weighted by Crippen LogP contribution is -2.32. The van der Waals surface area contributed by atoms with Gasteiger partial charge in [0.2, 0.25) is 5.91 Å². The van der Waals surface area contributed by atoms with Crippen LogP contribution < -0.4 is 10.9 Å². The summed E-state index contributed by atoms with van der Waals surface area (Å²) in [4.78, 5) is 29.4. The zero-order valence-corrected chi connectivity index (χ0v) is 17.1. The molecule has 0 atom stereocenters. The zero-order chi connectivity index (χ0) is 21.3. The summed E-state index contributed by atoms with van der Waals surface area (Å²) >= 11 is 0. The predicted octanol–water partition coefficient (Wildman–Crippen LogP) is 2.22. The van der Waals surface area contributed by atoms with Crippen molar-refractivity contribution < 1.29 is 4.79 Å². The Balaban J connectivity index is 1.54. The Hall–Kier alpha value is -3.81. The molecule has 4 rings (SSSR count). The molecule has 8 nitrogen and oxygen atoms in total. The van der Waals surface area contributed by atoms with E-state index in [2.05, 4.69) is 26.7 Å².